The van der Waals surface area contributed by atoms with E-state index in [0.717, 1.165) is 13.1 Å². The van der Waals surface area contributed by atoms with Gasteiger partial charge in [0.15, 0.2) is 0 Å². The summed E-state index contributed by atoms with van der Waals surface area (Å²) in [7, 11) is 0. The maximum atomic E-state index is 3.54. The van der Waals surface area contributed by atoms with Gasteiger partial charge in [-0.2, -0.15) is 0 Å². The summed E-state index contributed by atoms with van der Waals surface area (Å²) in [6.07, 6.45) is 2.46. The molecule has 2 rings (SSSR count). The first-order valence-electron chi connectivity index (χ1n) is 6.44. The summed E-state index contributed by atoms with van der Waals surface area (Å²) in [4.78, 5) is 2.56. The van der Waals surface area contributed by atoms with E-state index >= 15 is 0 Å². The fourth-order valence-corrected chi connectivity index (χ4v) is 2.55. The van der Waals surface area contributed by atoms with Crippen molar-refractivity contribution in [2.24, 2.45) is 0 Å². The third kappa shape index (κ3) is 4.09. The molecule has 1 fully saturated rings. The van der Waals surface area contributed by atoms with Crippen LogP contribution in [0.25, 0.3) is 0 Å². The second kappa shape index (κ2) is 6.53. The first kappa shape index (κ1) is 13.1. The molecule has 2 nitrogen and oxygen atoms in total. The fourth-order valence-electron chi connectivity index (χ4n) is 2.30. The Morgan fingerprint density at radius 2 is 2.06 bits per heavy atom. The first-order valence-corrected chi connectivity index (χ1v) is 7.23. The van der Waals surface area contributed by atoms with E-state index in [1.54, 1.807) is 0 Å². The van der Waals surface area contributed by atoms with Crippen molar-refractivity contribution < 1.29 is 0 Å². The Kier molecular flexibility index (Phi) is 5.01. The summed E-state index contributed by atoms with van der Waals surface area (Å²) in [5.41, 5.74) is 2.80. The number of piperazine rings is 1. The number of nitrogens with zero attached hydrogens (tertiary/aromatic N) is 1. The van der Waals surface area contributed by atoms with Crippen LogP contribution in [0.3, 0.4) is 0 Å². The fraction of sp³-hybridized carbons (Fsp3) is 0.571. The standard InChI is InChI=1S/C14H21BrN2/c1-12-11-13(4-5-14(12)15)3-2-8-17-9-6-16-7-10-17/h4-5,11,16H,2-3,6-10H2,1H3. The lowest BCUT2D eigenvalue weighted by Gasteiger charge is -2.27. The number of nitrogens with one attached hydrogen (secondary N) is 1. The molecule has 1 N–H and O–H groups in total. The highest BCUT2D eigenvalue weighted by atomic mass is 79.9. The first-order chi connectivity index (χ1) is 8.25. The van der Waals surface area contributed by atoms with E-state index in [2.05, 4.69) is 51.3 Å². The molecule has 0 atom stereocenters. The van der Waals surface area contributed by atoms with Crippen molar-refractivity contribution in [1.82, 2.24) is 10.2 Å². The van der Waals surface area contributed by atoms with Crippen LogP contribution >= 0.6 is 15.9 Å². The normalized spacial score (nSPS) is 17.3. The van der Waals surface area contributed by atoms with Crippen LogP contribution in [0.2, 0.25) is 0 Å². The van der Waals surface area contributed by atoms with Gasteiger partial charge in [0.1, 0.15) is 0 Å². The maximum Gasteiger partial charge on any atom is 0.0204 e. The summed E-state index contributed by atoms with van der Waals surface area (Å²) < 4.78 is 1.21. The number of halogens is 1. The van der Waals surface area contributed by atoms with Crippen molar-refractivity contribution in [3.63, 3.8) is 0 Å². The van der Waals surface area contributed by atoms with Crippen LogP contribution in [0.5, 0.6) is 0 Å². The Morgan fingerprint density at radius 3 is 2.76 bits per heavy atom. The van der Waals surface area contributed by atoms with Crippen molar-refractivity contribution in [3.8, 4) is 0 Å². The molecule has 0 aromatic heterocycles. The average Bonchev–Trinajstić information content (AvgIpc) is 2.35. The summed E-state index contributed by atoms with van der Waals surface area (Å²) in [6.45, 7) is 8.11. The monoisotopic (exact) mass is 296 g/mol. The summed E-state index contributed by atoms with van der Waals surface area (Å²) in [5, 5.41) is 3.39. The van der Waals surface area contributed by atoms with Crippen molar-refractivity contribution in [3.05, 3.63) is 33.8 Å². The molecule has 0 bridgehead atoms. The molecule has 1 aromatic carbocycles. The zero-order valence-electron chi connectivity index (χ0n) is 10.5. The van der Waals surface area contributed by atoms with Gasteiger partial charge in [-0.1, -0.05) is 28.1 Å². The Hall–Kier alpha value is -0.380. The van der Waals surface area contributed by atoms with Gasteiger partial charge in [0, 0.05) is 30.7 Å². The van der Waals surface area contributed by atoms with E-state index in [-0.39, 0.29) is 0 Å². The minimum atomic E-state index is 1.15. The smallest absolute Gasteiger partial charge is 0.0204 e. The van der Waals surface area contributed by atoms with Crippen LogP contribution in [0.4, 0.5) is 0 Å². The highest BCUT2D eigenvalue weighted by Crippen LogP contribution is 2.18. The molecule has 1 aliphatic rings. The van der Waals surface area contributed by atoms with E-state index in [1.165, 1.54) is 48.1 Å². The molecular formula is C14H21BrN2. The molecule has 0 spiro atoms. The van der Waals surface area contributed by atoms with Crippen LogP contribution in [0, 0.1) is 6.92 Å². The molecule has 1 saturated heterocycles. The lowest BCUT2D eigenvalue weighted by atomic mass is 10.1. The Bertz CT molecular complexity index is 359. The zero-order valence-corrected chi connectivity index (χ0v) is 12.1. The van der Waals surface area contributed by atoms with Gasteiger partial charge in [0.2, 0.25) is 0 Å². The molecule has 0 unspecified atom stereocenters. The number of rotatable bonds is 4. The Morgan fingerprint density at radius 1 is 1.29 bits per heavy atom. The average molecular weight is 297 g/mol. The van der Waals surface area contributed by atoms with Gasteiger partial charge in [0.05, 0.1) is 0 Å². The van der Waals surface area contributed by atoms with E-state index in [1.807, 2.05) is 0 Å². The van der Waals surface area contributed by atoms with E-state index in [4.69, 9.17) is 0 Å². The van der Waals surface area contributed by atoms with Crippen molar-refractivity contribution in [2.45, 2.75) is 19.8 Å². The Labute approximate surface area is 113 Å². The lowest BCUT2D eigenvalue weighted by Crippen LogP contribution is -2.43. The molecule has 17 heavy (non-hydrogen) atoms. The van der Waals surface area contributed by atoms with Crippen LogP contribution < -0.4 is 5.32 Å². The SMILES string of the molecule is Cc1cc(CCCN2CCNCC2)ccc1Br. The van der Waals surface area contributed by atoms with Gasteiger partial charge in [-0.3, -0.25) is 0 Å². The second-order valence-corrected chi connectivity index (χ2v) is 5.63. The van der Waals surface area contributed by atoms with Crippen LogP contribution in [0.15, 0.2) is 22.7 Å². The predicted molar refractivity (Wildman–Crippen MR) is 76.5 cm³/mol. The number of hydrogen-bond donors (Lipinski definition) is 1. The third-order valence-electron chi connectivity index (χ3n) is 3.37. The minimum absolute atomic E-state index is 1.15. The molecule has 94 valence electrons. The molecule has 3 heteroatoms. The van der Waals surface area contributed by atoms with Crippen molar-refractivity contribution in [1.29, 1.82) is 0 Å². The van der Waals surface area contributed by atoms with E-state index < -0.39 is 0 Å². The molecular weight excluding hydrogens is 276 g/mol. The van der Waals surface area contributed by atoms with Crippen LogP contribution in [-0.2, 0) is 6.42 Å². The molecule has 1 aliphatic heterocycles. The van der Waals surface area contributed by atoms with Crippen LogP contribution in [0.1, 0.15) is 17.5 Å². The van der Waals surface area contributed by atoms with Crippen molar-refractivity contribution >= 4 is 15.9 Å². The van der Waals surface area contributed by atoms with Gasteiger partial charge in [-0.25, -0.2) is 0 Å². The van der Waals surface area contributed by atoms with Gasteiger partial charge in [-0.05, 0) is 43.5 Å². The Balaban J connectivity index is 1.75. The van der Waals surface area contributed by atoms with Crippen molar-refractivity contribution in [2.75, 3.05) is 32.7 Å². The largest absolute Gasteiger partial charge is 0.314 e. The molecule has 0 radical (unpaired) electrons. The topological polar surface area (TPSA) is 15.3 Å². The minimum Gasteiger partial charge on any atom is -0.314 e. The predicted octanol–water partition coefficient (Wildman–Crippen LogP) is 2.60. The summed E-state index contributed by atoms with van der Waals surface area (Å²) in [5.74, 6) is 0. The summed E-state index contributed by atoms with van der Waals surface area (Å²) >= 11 is 3.54. The maximum absolute atomic E-state index is 3.54. The lowest BCUT2D eigenvalue weighted by molar-refractivity contribution is 0.238. The van der Waals surface area contributed by atoms with Gasteiger partial charge in [0.25, 0.3) is 0 Å². The number of hydrogen-bond acceptors (Lipinski definition) is 2. The number of benzene rings is 1. The second-order valence-electron chi connectivity index (χ2n) is 4.78. The molecule has 1 heterocycles. The quantitative estimate of drug-likeness (QED) is 0.919. The van der Waals surface area contributed by atoms with Gasteiger partial charge >= 0.3 is 0 Å². The molecule has 0 amide bonds. The van der Waals surface area contributed by atoms with E-state index in [9.17, 15) is 0 Å². The zero-order chi connectivity index (χ0) is 12.1. The highest BCUT2D eigenvalue weighted by molar-refractivity contribution is 9.10. The van der Waals surface area contributed by atoms with E-state index in [0.29, 0.717) is 0 Å². The number of aryl methyl sites for hydroxylation is 2. The highest BCUT2D eigenvalue weighted by Gasteiger charge is 2.08. The van der Waals surface area contributed by atoms with Crippen LogP contribution in [-0.4, -0.2) is 37.6 Å². The molecule has 1 aromatic rings. The van der Waals surface area contributed by atoms with Gasteiger partial charge < -0.3 is 10.2 Å². The van der Waals surface area contributed by atoms with Gasteiger partial charge in [-0.15, -0.1) is 0 Å². The summed E-state index contributed by atoms with van der Waals surface area (Å²) in [6, 6.07) is 6.69. The third-order valence-corrected chi connectivity index (χ3v) is 4.26. The molecule has 0 saturated carbocycles. The molecule has 0 aliphatic carbocycles.